The van der Waals surface area contributed by atoms with Gasteiger partial charge in [-0.1, -0.05) is 72.0 Å². The Bertz CT molecular complexity index is 968. The quantitative estimate of drug-likeness (QED) is 0.533. The zero-order valence-electron chi connectivity index (χ0n) is 13.6. The van der Waals surface area contributed by atoms with Crippen LogP contribution in [0.25, 0.3) is 6.08 Å². The highest BCUT2D eigenvalue weighted by atomic mass is 35.5. The number of carbonyl (C=O) groups excluding carboxylic acids is 1. The van der Waals surface area contributed by atoms with E-state index in [2.05, 4.69) is 0 Å². The van der Waals surface area contributed by atoms with Gasteiger partial charge in [-0.05, 0) is 35.4 Å². The minimum absolute atomic E-state index is 0.0975. The van der Waals surface area contributed by atoms with Crippen molar-refractivity contribution in [1.82, 2.24) is 4.90 Å². The predicted molar refractivity (Wildman–Crippen MR) is 110 cm³/mol. The Morgan fingerprint density at radius 3 is 2.81 bits per heavy atom. The van der Waals surface area contributed by atoms with Crippen molar-refractivity contribution in [1.29, 1.82) is 0 Å². The highest BCUT2D eigenvalue weighted by molar-refractivity contribution is 8.26. The number of benzene rings is 2. The fourth-order valence-electron chi connectivity index (χ4n) is 2.82. The first-order valence-corrected chi connectivity index (χ1v) is 9.63. The van der Waals surface area contributed by atoms with E-state index in [9.17, 15) is 4.79 Å². The van der Waals surface area contributed by atoms with E-state index in [1.54, 1.807) is 4.90 Å². The van der Waals surface area contributed by atoms with E-state index in [4.69, 9.17) is 28.6 Å². The van der Waals surface area contributed by atoms with Crippen LogP contribution in [0.5, 0.6) is 5.75 Å². The van der Waals surface area contributed by atoms with E-state index in [0.29, 0.717) is 27.4 Å². The maximum Gasteiger partial charge on any atom is 0.266 e. The van der Waals surface area contributed by atoms with Crippen molar-refractivity contribution in [2.45, 2.75) is 6.54 Å². The number of carbonyl (C=O) groups is 1. The molecule has 0 unspecified atom stereocenters. The number of para-hydroxylation sites is 1. The minimum atomic E-state index is -0.0975. The molecule has 0 aliphatic carbocycles. The smallest absolute Gasteiger partial charge is 0.266 e. The van der Waals surface area contributed by atoms with Gasteiger partial charge in [-0.3, -0.25) is 9.69 Å². The lowest BCUT2D eigenvalue weighted by Gasteiger charge is -2.16. The summed E-state index contributed by atoms with van der Waals surface area (Å²) < 4.78 is 6.29. The molecule has 2 aliphatic heterocycles. The van der Waals surface area contributed by atoms with Crippen molar-refractivity contribution in [3.05, 3.63) is 81.2 Å². The van der Waals surface area contributed by atoms with Crippen LogP contribution in [0.3, 0.4) is 0 Å². The first-order chi connectivity index (χ1) is 12.6. The Morgan fingerprint density at radius 2 is 1.96 bits per heavy atom. The Morgan fingerprint density at radius 1 is 1.19 bits per heavy atom. The molecule has 0 saturated carbocycles. The van der Waals surface area contributed by atoms with Crippen LogP contribution in [0.4, 0.5) is 0 Å². The molecule has 6 heteroatoms. The number of rotatable bonds is 3. The zero-order chi connectivity index (χ0) is 18.1. The molecule has 1 saturated heterocycles. The molecule has 0 atom stereocenters. The van der Waals surface area contributed by atoms with Crippen LogP contribution in [-0.2, 0) is 11.3 Å². The van der Waals surface area contributed by atoms with Crippen LogP contribution in [-0.4, -0.2) is 21.7 Å². The highest BCUT2D eigenvalue weighted by Gasteiger charge is 2.32. The number of hydrogen-bond donors (Lipinski definition) is 0. The molecule has 130 valence electrons. The summed E-state index contributed by atoms with van der Waals surface area (Å²) in [5.74, 6) is 0.760. The van der Waals surface area contributed by atoms with Gasteiger partial charge in [0.1, 0.15) is 16.7 Å². The lowest BCUT2D eigenvalue weighted by atomic mass is 10.1. The van der Waals surface area contributed by atoms with Gasteiger partial charge in [-0.2, -0.15) is 0 Å². The van der Waals surface area contributed by atoms with Gasteiger partial charge in [0.25, 0.3) is 5.91 Å². The SMILES string of the molecule is O=C1C(=CC2=Cc3ccccc3OC2)SC(=S)N1Cc1ccccc1Cl. The topological polar surface area (TPSA) is 29.5 Å². The highest BCUT2D eigenvalue weighted by Crippen LogP contribution is 2.35. The fraction of sp³-hybridized carbons (Fsp3) is 0.100. The molecule has 0 bridgehead atoms. The van der Waals surface area contributed by atoms with E-state index < -0.39 is 0 Å². The first kappa shape index (κ1) is 17.3. The molecule has 0 N–H and O–H groups in total. The lowest BCUT2D eigenvalue weighted by Crippen LogP contribution is -2.27. The summed E-state index contributed by atoms with van der Waals surface area (Å²) in [6.45, 7) is 0.811. The number of nitrogens with zero attached hydrogens (tertiary/aromatic N) is 1. The van der Waals surface area contributed by atoms with Crippen LogP contribution in [0.2, 0.25) is 5.02 Å². The number of ether oxygens (including phenoxy) is 1. The maximum atomic E-state index is 12.8. The third-order valence-electron chi connectivity index (χ3n) is 4.13. The average Bonchev–Trinajstić information content (AvgIpc) is 2.91. The van der Waals surface area contributed by atoms with Gasteiger partial charge in [-0.25, -0.2) is 0 Å². The lowest BCUT2D eigenvalue weighted by molar-refractivity contribution is -0.122. The van der Waals surface area contributed by atoms with E-state index in [1.807, 2.05) is 60.7 Å². The Labute approximate surface area is 166 Å². The molecule has 3 nitrogen and oxygen atoms in total. The molecule has 1 amide bonds. The zero-order valence-corrected chi connectivity index (χ0v) is 16.0. The average molecular weight is 400 g/mol. The number of hydrogen-bond acceptors (Lipinski definition) is 4. The van der Waals surface area contributed by atoms with Crippen LogP contribution >= 0.6 is 35.6 Å². The molecular formula is C20H14ClNO2S2. The number of thiocarbonyl (C=S) groups is 1. The Balaban J connectivity index is 1.57. The number of fused-ring (bicyclic) bond motifs is 1. The Hall–Kier alpha value is -2.08. The summed E-state index contributed by atoms with van der Waals surface area (Å²) in [7, 11) is 0. The van der Waals surface area contributed by atoms with Gasteiger partial charge in [-0.15, -0.1) is 0 Å². The molecule has 0 spiro atoms. The Kier molecular flexibility index (Phi) is 4.85. The van der Waals surface area contributed by atoms with Crippen molar-refractivity contribution in [2.75, 3.05) is 6.61 Å². The molecule has 2 aliphatic rings. The van der Waals surface area contributed by atoms with Gasteiger partial charge in [0, 0.05) is 10.6 Å². The molecule has 0 aromatic heterocycles. The number of thioether (sulfide) groups is 1. The van der Waals surface area contributed by atoms with Crippen molar-refractivity contribution >= 4 is 51.9 Å². The summed E-state index contributed by atoms with van der Waals surface area (Å²) in [6.07, 6.45) is 3.90. The molecule has 0 radical (unpaired) electrons. The molecule has 2 aromatic rings. The monoisotopic (exact) mass is 399 g/mol. The number of halogens is 1. The third-order valence-corrected chi connectivity index (χ3v) is 5.88. The van der Waals surface area contributed by atoms with E-state index in [0.717, 1.165) is 22.4 Å². The largest absolute Gasteiger partial charge is 0.488 e. The summed E-state index contributed by atoms with van der Waals surface area (Å²) in [5, 5.41) is 0.630. The standard InChI is InChI=1S/C20H14ClNO2S2/c21-16-7-3-1-6-15(16)11-22-19(23)18(26-20(22)25)10-13-9-14-5-2-4-8-17(14)24-12-13/h1-10H,11-12H2. The normalized spacial score (nSPS) is 18.0. The molecule has 26 heavy (non-hydrogen) atoms. The molecular weight excluding hydrogens is 386 g/mol. The van der Waals surface area contributed by atoms with E-state index >= 15 is 0 Å². The second-order valence-electron chi connectivity index (χ2n) is 5.91. The number of amides is 1. The van der Waals surface area contributed by atoms with Gasteiger partial charge in [0.05, 0.1) is 11.4 Å². The van der Waals surface area contributed by atoms with Crippen LogP contribution in [0.1, 0.15) is 11.1 Å². The summed E-state index contributed by atoms with van der Waals surface area (Å²) in [5.41, 5.74) is 2.83. The van der Waals surface area contributed by atoms with Crippen molar-refractivity contribution in [2.24, 2.45) is 0 Å². The van der Waals surface area contributed by atoms with Crippen LogP contribution in [0, 0.1) is 0 Å². The first-order valence-electron chi connectivity index (χ1n) is 8.03. The molecule has 4 rings (SSSR count). The third kappa shape index (κ3) is 3.43. The van der Waals surface area contributed by atoms with E-state index in [1.165, 1.54) is 11.8 Å². The van der Waals surface area contributed by atoms with Crippen molar-refractivity contribution in [3.63, 3.8) is 0 Å². The second-order valence-corrected chi connectivity index (χ2v) is 7.99. The summed E-state index contributed by atoms with van der Waals surface area (Å²) in [6, 6.07) is 15.3. The van der Waals surface area contributed by atoms with Gasteiger partial charge >= 0.3 is 0 Å². The van der Waals surface area contributed by atoms with Crippen molar-refractivity contribution < 1.29 is 9.53 Å². The molecule has 2 heterocycles. The molecule has 1 fully saturated rings. The minimum Gasteiger partial charge on any atom is -0.488 e. The van der Waals surface area contributed by atoms with Crippen LogP contribution < -0.4 is 4.74 Å². The van der Waals surface area contributed by atoms with Crippen LogP contribution in [0.15, 0.2) is 65.1 Å². The van der Waals surface area contributed by atoms with Gasteiger partial charge < -0.3 is 4.74 Å². The molecule has 2 aromatic carbocycles. The van der Waals surface area contributed by atoms with Gasteiger partial charge in [0.15, 0.2) is 0 Å². The summed E-state index contributed by atoms with van der Waals surface area (Å²) in [4.78, 5) is 15.0. The fourth-order valence-corrected chi connectivity index (χ4v) is 4.28. The predicted octanol–water partition coefficient (Wildman–Crippen LogP) is 5.06. The van der Waals surface area contributed by atoms with Crippen molar-refractivity contribution in [3.8, 4) is 5.75 Å². The van der Waals surface area contributed by atoms with E-state index in [-0.39, 0.29) is 5.91 Å². The maximum absolute atomic E-state index is 12.8. The summed E-state index contributed by atoms with van der Waals surface area (Å²) >= 11 is 12.9. The van der Waals surface area contributed by atoms with Gasteiger partial charge in [0.2, 0.25) is 0 Å². The second kappa shape index (κ2) is 7.27.